The molecule has 0 aromatic rings. The highest BCUT2D eigenvalue weighted by molar-refractivity contribution is 5.59. The molecular formula is C7H13NO2. The molecule has 0 spiro atoms. The maximum absolute atomic E-state index is 10.5. The van der Waals surface area contributed by atoms with Gasteiger partial charge in [0.25, 0.3) is 0 Å². The van der Waals surface area contributed by atoms with Gasteiger partial charge in [-0.2, -0.15) is 0 Å². The van der Waals surface area contributed by atoms with E-state index in [0.717, 1.165) is 19.3 Å². The molecule has 0 amide bonds. The molecule has 2 unspecified atom stereocenters. The van der Waals surface area contributed by atoms with E-state index in [2.05, 4.69) is 0 Å². The summed E-state index contributed by atoms with van der Waals surface area (Å²) >= 11 is 0. The SMILES string of the molecule is COC1CCN(C)C1C=O. The standard InChI is InChI=1S/C7H13NO2/c1-8-4-3-7(10-2)6(8)5-9/h5-7H,3-4H2,1-2H3. The van der Waals surface area contributed by atoms with Crippen LogP contribution in [0, 0.1) is 0 Å². The first-order valence-corrected chi connectivity index (χ1v) is 3.48. The van der Waals surface area contributed by atoms with E-state index in [9.17, 15) is 4.79 Å². The number of carbonyl (C=O) groups excluding carboxylic acids is 1. The molecule has 0 aromatic carbocycles. The third-order valence-electron chi connectivity index (χ3n) is 2.10. The number of methoxy groups -OCH3 is 1. The number of hydrogen-bond donors (Lipinski definition) is 0. The smallest absolute Gasteiger partial charge is 0.139 e. The minimum absolute atomic E-state index is 0.0231. The molecule has 1 heterocycles. The largest absolute Gasteiger partial charge is 0.379 e. The van der Waals surface area contributed by atoms with Crippen molar-refractivity contribution in [2.24, 2.45) is 0 Å². The molecule has 58 valence electrons. The van der Waals surface area contributed by atoms with Crippen LogP contribution in [0.1, 0.15) is 6.42 Å². The number of nitrogens with zero attached hydrogens (tertiary/aromatic N) is 1. The Labute approximate surface area is 61.0 Å². The van der Waals surface area contributed by atoms with Gasteiger partial charge in [-0.3, -0.25) is 4.90 Å². The molecule has 0 aliphatic carbocycles. The lowest BCUT2D eigenvalue weighted by Crippen LogP contribution is -2.34. The Morgan fingerprint density at radius 2 is 2.40 bits per heavy atom. The zero-order valence-electron chi connectivity index (χ0n) is 6.41. The normalized spacial score (nSPS) is 34.6. The zero-order valence-corrected chi connectivity index (χ0v) is 6.41. The highest BCUT2D eigenvalue weighted by Crippen LogP contribution is 2.16. The number of ether oxygens (including phenoxy) is 1. The van der Waals surface area contributed by atoms with Crippen molar-refractivity contribution < 1.29 is 9.53 Å². The van der Waals surface area contributed by atoms with E-state index >= 15 is 0 Å². The average molecular weight is 143 g/mol. The van der Waals surface area contributed by atoms with Crippen LogP contribution in [-0.4, -0.2) is 44.0 Å². The van der Waals surface area contributed by atoms with Crippen LogP contribution in [0.5, 0.6) is 0 Å². The maximum Gasteiger partial charge on any atom is 0.139 e. The zero-order chi connectivity index (χ0) is 7.56. The van der Waals surface area contributed by atoms with Crippen molar-refractivity contribution >= 4 is 6.29 Å². The molecule has 1 aliphatic rings. The minimum Gasteiger partial charge on any atom is -0.379 e. The Kier molecular flexibility index (Phi) is 2.40. The predicted molar refractivity (Wildman–Crippen MR) is 37.9 cm³/mol. The molecule has 1 aliphatic heterocycles. The van der Waals surface area contributed by atoms with Gasteiger partial charge in [0.15, 0.2) is 0 Å². The fourth-order valence-corrected chi connectivity index (χ4v) is 1.38. The first-order chi connectivity index (χ1) is 4.79. The van der Waals surface area contributed by atoms with E-state index < -0.39 is 0 Å². The summed E-state index contributed by atoms with van der Waals surface area (Å²) in [6.07, 6.45) is 2.04. The monoisotopic (exact) mass is 143 g/mol. The summed E-state index contributed by atoms with van der Waals surface area (Å²) in [4.78, 5) is 12.5. The lowest BCUT2D eigenvalue weighted by molar-refractivity contribution is -0.113. The van der Waals surface area contributed by atoms with Gasteiger partial charge in [-0.1, -0.05) is 0 Å². The Morgan fingerprint density at radius 1 is 1.70 bits per heavy atom. The lowest BCUT2D eigenvalue weighted by Gasteiger charge is -2.16. The molecule has 3 heteroatoms. The molecule has 0 saturated carbocycles. The van der Waals surface area contributed by atoms with Crippen LogP contribution in [0.3, 0.4) is 0 Å². The summed E-state index contributed by atoms with van der Waals surface area (Å²) in [6.45, 7) is 0.960. The molecule has 2 atom stereocenters. The van der Waals surface area contributed by atoms with E-state index in [4.69, 9.17) is 4.74 Å². The molecule has 0 radical (unpaired) electrons. The highest BCUT2D eigenvalue weighted by atomic mass is 16.5. The van der Waals surface area contributed by atoms with Gasteiger partial charge < -0.3 is 9.53 Å². The van der Waals surface area contributed by atoms with Crippen LogP contribution >= 0.6 is 0 Å². The molecule has 1 rings (SSSR count). The Balaban J connectivity index is 2.53. The number of hydrogen-bond acceptors (Lipinski definition) is 3. The third kappa shape index (κ3) is 1.20. The second-order valence-corrected chi connectivity index (χ2v) is 2.67. The first kappa shape index (κ1) is 7.69. The molecular weight excluding hydrogens is 130 g/mol. The average Bonchev–Trinajstić information content (AvgIpc) is 2.30. The number of carbonyl (C=O) groups is 1. The van der Waals surface area contributed by atoms with Crippen LogP contribution < -0.4 is 0 Å². The van der Waals surface area contributed by atoms with Crippen molar-refractivity contribution in [3.05, 3.63) is 0 Å². The maximum atomic E-state index is 10.5. The van der Waals surface area contributed by atoms with Crippen molar-refractivity contribution in [1.29, 1.82) is 0 Å². The molecule has 1 fully saturated rings. The minimum atomic E-state index is -0.0231. The van der Waals surface area contributed by atoms with Crippen LogP contribution in [0.2, 0.25) is 0 Å². The summed E-state index contributed by atoms with van der Waals surface area (Å²) < 4.78 is 5.11. The number of likely N-dealkylation sites (tertiary alicyclic amines) is 1. The molecule has 0 aromatic heterocycles. The molecule has 10 heavy (non-hydrogen) atoms. The third-order valence-corrected chi connectivity index (χ3v) is 2.10. The van der Waals surface area contributed by atoms with Crippen molar-refractivity contribution in [3.8, 4) is 0 Å². The van der Waals surface area contributed by atoms with Gasteiger partial charge in [-0.15, -0.1) is 0 Å². The van der Waals surface area contributed by atoms with Gasteiger partial charge in [-0.25, -0.2) is 0 Å². The summed E-state index contributed by atoms with van der Waals surface area (Å²) in [6, 6.07) is -0.0231. The van der Waals surface area contributed by atoms with E-state index in [1.54, 1.807) is 7.11 Å². The van der Waals surface area contributed by atoms with Crippen molar-refractivity contribution in [2.75, 3.05) is 20.7 Å². The van der Waals surface area contributed by atoms with Crippen molar-refractivity contribution in [2.45, 2.75) is 18.6 Å². The van der Waals surface area contributed by atoms with Gasteiger partial charge in [0, 0.05) is 13.7 Å². The van der Waals surface area contributed by atoms with Crippen molar-refractivity contribution in [3.63, 3.8) is 0 Å². The van der Waals surface area contributed by atoms with E-state index in [0.29, 0.717) is 0 Å². The topological polar surface area (TPSA) is 29.5 Å². The van der Waals surface area contributed by atoms with E-state index in [1.807, 2.05) is 11.9 Å². The van der Waals surface area contributed by atoms with Crippen molar-refractivity contribution in [1.82, 2.24) is 4.90 Å². The molecule has 3 nitrogen and oxygen atoms in total. The number of aldehydes is 1. The lowest BCUT2D eigenvalue weighted by atomic mass is 10.2. The van der Waals surface area contributed by atoms with Crippen LogP contribution in [0.25, 0.3) is 0 Å². The van der Waals surface area contributed by atoms with Gasteiger partial charge >= 0.3 is 0 Å². The van der Waals surface area contributed by atoms with Crippen LogP contribution in [0.15, 0.2) is 0 Å². The summed E-state index contributed by atoms with van der Waals surface area (Å²) in [5.74, 6) is 0. The van der Waals surface area contributed by atoms with Crippen LogP contribution in [0.4, 0.5) is 0 Å². The molecule has 0 bridgehead atoms. The number of likely N-dealkylation sites (N-methyl/N-ethyl adjacent to an activating group) is 1. The van der Waals surface area contributed by atoms with E-state index in [1.165, 1.54) is 0 Å². The van der Waals surface area contributed by atoms with E-state index in [-0.39, 0.29) is 12.1 Å². The van der Waals surface area contributed by atoms with Gasteiger partial charge in [0.1, 0.15) is 6.29 Å². The molecule has 1 saturated heterocycles. The van der Waals surface area contributed by atoms with Crippen LogP contribution in [-0.2, 0) is 9.53 Å². The number of rotatable bonds is 2. The highest BCUT2D eigenvalue weighted by Gasteiger charge is 2.30. The Hall–Kier alpha value is -0.410. The second-order valence-electron chi connectivity index (χ2n) is 2.67. The Bertz CT molecular complexity index is 127. The molecule has 0 N–H and O–H groups in total. The van der Waals surface area contributed by atoms with Gasteiger partial charge in [0.05, 0.1) is 12.1 Å². The van der Waals surface area contributed by atoms with Gasteiger partial charge in [0.2, 0.25) is 0 Å². The quantitative estimate of drug-likeness (QED) is 0.506. The summed E-state index contributed by atoms with van der Waals surface area (Å²) in [5.41, 5.74) is 0. The fraction of sp³-hybridized carbons (Fsp3) is 0.857. The second kappa shape index (κ2) is 3.12. The first-order valence-electron chi connectivity index (χ1n) is 3.48. The fourth-order valence-electron chi connectivity index (χ4n) is 1.38. The predicted octanol–water partition coefficient (Wildman–Crippen LogP) is -0.0956. The summed E-state index contributed by atoms with van der Waals surface area (Å²) in [7, 11) is 3.60. The Morgan fingerprint density at radius 3 is 2.80 bits per heavy atom. The summed E-state index contributed by atoms with van der Waals surface area (Å²) in [5, 5.41) is 0. The van der Waals surface area contributed by atoms with Gasteiger partial charge in [-0.05, 0) is 13.5 Å².